The quantitative estimate of drug-likeness (QED) is 0.105. The van der Waals surface area contributed by atoms with Crippen LogP contribution in [0.2, 0.25) is 0 Å². The lowest BCUT2D eigenvalue weighted by Crippen LogP contribution is -2.40. The molecule has 0 spiro atoms. The molecule has 0 bridgehead atoms. The molecule has 0 saturated heterocycles. The summed E-state index contributed by atoms with van der Waals surface area (Å²) in [6.07, 6.45) is 10.7. The van der Waals surface area contributed by atoms with Gasteiger partial charge in [0.15, 0.2) is 0 Å². The Bertz CT molecular complexity index is 2890. The van der Waals surface area contributed by atoms with Gasteiger partial charge >= 0.3 is 5.97 Å². The monoisotopic (exact) mass is 932 g/mol. The number of esters is 1. The Hall–Kier alpha value is -5.97. The number of thioether (sulfide) groups is 1. The number of hydrogen-bond acceptors (Lipinski definition) is 9. The van der Waals surface area contributed by atoms with E-state index in [-0.39, 0.29) is 34.7 Å². The zero-order chi connectivity index (χ0) is 48.7. The second-order valence-corrected chi connectivity index (χ2v) is 20.9. The van der Waals surface area contributed by atoms with E-state index in [1.165, 1.54) is 46.1 Å². The molecule has 3 N–H and O–H groups in total. The summed E-state index contributed by atoms with van der Waals surface area (Å²) in [5.41, 5.74) is 13.6. The van der Waals surface area contributed by atoms with Crippen molar-refractivity contribution in [3.05, 3.63) is 148 Å². The largest absolute Gasteiger partial charge is 0.497 e. The van der Waals surface area contributed by atoms with Crippen molar-refractivity contribution in [2.75, 3.05) is 57.3 Å². The first-order valence-electron chi connectivity index (χ1n) is 24.0. The Morgan fingerprint density at radius 2 is 1.44 bits per heavy atom. The molecule has 0 radical (unpaired) electrons. The number of nitrogens with one attached hydrogen (secondary N) is 1. The van der Waals surface area contributed by atoms with Gasteiger partial charge in [0.05, 0.1) is 32.8 Å². The van der Waals surface area contributed by atoms with Crippen LogP contribution < -0.4 is 30.3 Å². The minimum atomic E-state index is -0.772. The molecule has 68 heavy (non-hydrogen) atoms. The number of allylic oxidation sites excluding steroid dienone is 6. The zero-order valence-electron chi connectivity index (χ0n) is 41.7. The van der Waals surface area contributed by atoms with Gasteiger partial charge in [-0.3, -0.25) is 9.59 Å². The van der Waals surface area contributed by atoms with Gasteiger partial charge in [-0.05, 0) is 157 Å². The minimum Gasteiger partial charge on any atom is -0.497 e. The number of rotatable bonds is 14. The van der Waals surface area contributed by atoms with Crippen LogP contribution in [0.1, 0.15) is 89.7 Å². The number of hydrogen-bond donors (Lipinski definition) is 2. The highest BCUT2D eigenvalue weighted by Gasteiger charge is 2.45. The van der Waals surface area contributed by atoms with Crippen molar-refractivity contribution in [1.29, 1.82) is 0 Å². The van der Waals surface area contributed by atoms with Gasteiger partial charge in [-0.2, -0.15) is 0 Å². The number of carbonyl (C=O) groups is 2. The predicted molar refractivity (Wildman–Crippen MR) is 281 cm³/mol. The van der Waals surface area contributed by atoms with E-state index in [0.29, 0.717) is 31.5 Å². The maximum absolute atomic E-state index is 13.7. The van der Waals surface area contributed by atoms with Crippen molar-refractivity contribution in [2.45, 2.75) is 90.0 Å². The van der Waals surface area contributed by atoms with E-state index in [1.54, 1.807) is 26.0 Å². The zero-order valence-corrected chi connectivity index (χ0v) is 42.5. The molecular weight excluding hydrogens is 865 g/mol. The van der Waals surface area contributed by atoms with Gasteiger partial charge < -0.3 is 35.1 Å². The molecule has 5 aromatic rings. The van der Waals surface area contributed by atoms with Crippen molar-refractivity contribution in [3.8, 4) is 11.5 Å². The summed E-state index contributed by atoms with van der Waals surface area (Å²) in [6.45, 7) is 20.3. The van der Waals surface area contributed by atoms with Gasteiger partial charge in [0.1, 0.15) is 11.5 Å². The van der Waals surface area contributed by atoms with Gasteiger partial charge in [-0.1, -0.05) is 82.0 Å². The molecule has 10 heteroatoms. The average molecular weight is 933 g/mol. The minimum absolute atomic E-state index is 0.0505. The number of amides is 1. The lowest BCUT2D eigenvalue weighted by molar-refractivity contribution is -0.154. The molecule has 2 heterocycles. The van der Waals surface area contributed by atoms with E-state index in [4.69, 9.17) is 19.9 Å². The van der Waals surface area contributed by atoms with Crippen LogP contribution in [0.4, 0.5) is 11.4 Å². The van der Waals surface area contributed by atoms with Crippen LogP contribution in [0, 0.1) is 11.3 Å². The normalized spacial score (nSPS) is 19.9. The van der Waals surface area contributed by atoms with E-state index in [1.807, 2.05) is 38.1 Å². The maximum Gasteiger partial charge on any atom is 0.311 e. The third kappa shape index (κ3) is 8.59. The van der Waals surface area contributed by atoms with Crippen LogP contribution in [-0.2, 0) is 20.4 Å². The van der Waals surface area contributed by atoms with Crippen LogP contribution in [0.15, 0.2) is 136 Å². The van der Waals surface area contributed by atoms with Gasteiger partial charge in [-0.15, -0.1) is 0 Å². The van der Waals surface area contributed by atoms with Crippen molar-refractivity contribution < 1.29 is 23.8 Å². The number of likely N-dealkylation sites (N-methyl/N-ethyl adjacent to an activating group) is 2. The third-order valence-corrected chi connectivity index (χ3v) is 16.1. The summed E-state index contributed by atoms with van der Waals surface area (Å²) in [6, 6.07) is 29.5. The van der Waals surface area contributed by atoms with Gasteiger partial charge in [0.2, 0.25) is 0 Å². The fourth-order valence-electron chi connectivity index (χ4n) is 11.1. The van der Waals surface area contributed by atoms with Gasteiger partial charge in [0, 0.05) is 69.4 Å². The number of fused-ring (bicyclic) bond motifs is 6. The number of anilines is 2. The Labute approximate surface area is 407 Å². The average Bonchev–Trinajstić information content (AvgIpc) is 3.71. The van der Waals surface area contributed by atoms with Crippen molar-refractivity contribution in [3.63, 3.8) is 0 Å². The highest BCUT2D eigenvalue weighted by molar-refractivity contribution is 8.03. The molecule has 9 nitrogen and oxygen atoms in total. The maximum atomic E-state index is 13.7. The molecule has 356 valence electrons. The standard InChI is InChI=1S/C58H68N4O5S/c1-12-61-47-26-16-37-34-42(65-9)20-24-45(37)51(47)57(5,6)49(61)28-18-39-32-41(56(3,4)55(64)67-11)33-40(53(39)68-44-22-14-36(15-23-44)54(63)60-31-30-59)19-29-50-58(7,8)52-46-25-21-43(66-10)35-38(46)17-27-48(52)62(50)13-2/h14-29,34-35,41,49H,12-13,30-33,59H2,1-11H3,(H,60,63)/b28-18+,40-19+,50-29+. The Kier molecular flexibility index (Phi) is 13.7. The summed E-state index contributed by atoms with van der Waals surface area (Å²) >= 11 is 1.72. The molecule has 3 aliphatic rings. The Morgan fingerprint density at radius 1 is 0.809 bits per heavy atom. The highest BCUT2D eigenvalue weighted by Crippen LogP contribution is 2.54. The first kappa shape index (κ1) is 48.5. The molecule has 2 aliphatic heterocycles. The number of nitrogens with zero attached hydrogens (tertiary/aromatic N) is 2. The summed E-state index contributed by atoms with van der Waals surface area (Å²) in [4.78, 5) is 33.8. The Balaban J connectivity index is 1.29. The summed E-state index contributed by atoms with van der Waals surface area (Å²) in [5.74, 6) is 1.27. The molecule has 0 saturated carbocycles. The van der Waals surface area contributed by atoms with Crippen LogP contribution in [0.3, 0.4) is 0 Å². The third-order valence-electron chi connectivity index (χ3n) is 14.9. The lowest BCUT2D eigenvalue weighted by Gasteiger charge is -2.37. The van der Waals surface area contributed by atoms with Gasteiger partial charge in [0.25, 0.3) is 5.91 Å². The fourth-order valence-corrected chi connectivity index (χ4v) is 12.2. The second kappa shape index (κ2) is 19.2. The van der Waals surface area contributed by atoms with Crippen molar-refractivity contribution in [1.82, 2.24) is 5.32 Å². The van der Waals surface area contributed by atoms with Crippen molar-refractivity contribution >= 4 is 56.6 Å². The molecule has 2 atom stereocenters. The van der Waals surface area contributed by atoms with E-state index in [9.17, 15) is 9.59 Å². The van der Waals surface area contributed by atoms with Crippen LogP contribution in [-0.4, -0.2) is 65.4 Å². The molecule has 2 unspecified atom stereocenters. The first-order valence-corrected chi connectivity index (χ1v) is 24.8. The number of methoxy groups -OCH3 is 3. The Morgan fingerprint density at radius 3 is 2.03 bits per heavy atom. The number of benzene rings is 5. The lowest BCUT2D eigenvalue weighted by atomic mass is 9.69. The summed E-state index contributed by atoms with van der Waals surface area (Å²) in [5, 5.41) is 7.66. The summed E-state index contributed by atoms with van der Waals surface area (Å²) in [7, 11) is 4.91. The molecule has 1 amide bonds. The summed E-state index contributed by atoms with van der Waals surface area (Å²) < 4.78 is 16.7. The first-order chi connectivity index (χ1) is 32.5. The number of ether oxygens (including phenoxy) is 3. The molecule has 5 aromatic carbocycles. The molecule has 1 aliphatic carbocycles. The smallest absolute Gasteiger partial charge is 0.311 e. The molecular formula is C58H68N4O5S. The fraction of sp³-hybridized carbons (Fsp3) is 0.379. The van der Waals surface area contributed by atoms with Gasteiger partial charge in [-0.25, -0.2) is 0 Å². The molecule has 0 aromatic heterocycles. The van der Waals surface area contributed by atoms with Crippen LogP contribution in [0.25, 0.3) is 21.5 Å². The van der Waals surface area contributed by atoms with E-state index < -0.39 is 5.41 Å². The molecule has 8 rings (SSSR count). The van der Waals surface area contributed by atoms with E-state index in [2.05, 4.69) is 142 Å². The number of nitrogens with two attached hydrogens (primary N) is 1. The topological polar surface area (TPSA) is 106 Å². The van der Waals surface area contributed by atoms with E-state index in [0.717, 1.165) is 56.3 Å². The van der Waals surface area contributed by atoms with Crippen LogP contribution >= 0.6 is 11.8 Å². The van der Waals surface area contributed by atoms with Crippen LogP contribution in [0.5, 0.6) is 11.5 Å². The van der Waals surface area contributed by atoms with Crippen molar-refractivity contribution in [2.24, 2.45) is 17.1 Å². The SMILES string of the molecule is CCN1/C(=C/C=C2\CC(C(C)(C)C(=O)OC)CC(/C=C/C3N(CC)c4ccc5cc(OC)ccc5c4C3(C)C)=C2Sc2ccc(C(=O)NCCN)cc2)C(C)(C)c2c1ccc1cc(OC)ccc21. The van der Waals surface area contributed by atoms with E-state index >= 15 is 0 Å². The number of carbonyl (C=O) groups excluding carboxylic acids is 2. The molecule has 0 fully saturated rings. The second-order valence-electron chi connectivity index (χ2n) is 19.9. The predicted octanol–water partition coefficient (Wildman–Crippen LogP) is 12.0. The highest BCUT2D eigenvalue weighted by atomic mass is 32.2.